The van der Waals surface area contributed by atoms with Gasteiger partial charge < -0.3 is 0 Å². The van der Waals surface area contributed by atoms with E-state index in [0.29, 0.717) is 16.0 Å². The molecule has 0 aromatic heterocycles. The zero-order chi connectivity index (χ0) is 16.6. The first kappa shape index (κ1) is 15.6. The van der Waals surface area contributed by atoms with Crippen LogP contribution in [0.4, 0.5) is 13.2 Å². The molecule has 1 aliphatic rings. The number of hydrogen-bond donors (Lipinski definition) is 0. The van der Waals surface area contributed by atoms with Gasteiger partial charge in [-0.2, -0.15) is 13.2 Å². The molecular weight excluding hydrogens is 325 g/mol. The Kier molecular flexibility index (Phi) is 3.85. The van der Waals surface area contributed by atoms with Gasteiger partial charge in [-0.3, -0.25) is 9.59 Å². The van der Waals surface area contributed by atoms with E-state index in [-0.39, 0.29) is 16.5 Å². The monoisotopic (exact) mass is 334 g/mol. The highest BCUT2D eigenvalue weighted by molar-refractivity contribution is 8.04. The molecule has 0 bridgehead atoms. The molecule has 1 aliphatic carbocycles. The van der Waals surface area contributed by atoms with Crippen LogP contribution < -0.4 is 0 Å². The first-order valence-corrected chi connectivity index (χ1v) is 7.43. The van der Waals surface area contributed by atoms with E-state index in [1.54, 1.807) is 24.3 Å². The minimum absolute atomic E-state index is 0.202. The molecule has 0 unspecified atom stereocenters. The molecule has 116 valence electrons. The number of allylic oxidation sites excluding steroid dienone is 2. The highest BCUT2D eigenvalue weighted by atomic mass is 32.2. The van der Waals surface area contributed by atoms with Crippen LogP contribution in [0.1, 0.15) is 26.3 Å². The number of ketones is 2. The molecule has 2 aromatic carbocycles. The fraction of sp³-hybridized carbons (Fsp3) is 0.0588. The van der Waals surface area contributed by atoms with Gasteiger partial charge in [0, 0.05) is 22.1 Å². The maximum atomic E-state index is 12.5. The van der Waals surface area contributed by atoms with E-state index in [1.165, 1.54) is 18.2 Å². The molecule has 0 saturated carbocycles. The van der Waals surface area contributed by atoms with Crippen LogP contribution in [-0.4, -0.2) is 11.6 Å². The summed E-state index contributed by atoms with van der Waals surface area (Å²) < 4.78 is 37.6. The number of thioether (sulfide) groups is 1. The first-order chi connectivity index (χ1) is 10.9. The third kappa shape index (κ3) is 3.07. The summed E-state index contributed by atoms with van der Waals surface area (Å²) in [5.74, 6) is -0.584. The quantitative estimate of drug-likeness (QED) is 0.794. The number of Topliss-reactive ketones (excluding diaryl/α,β-unsaturated/α-hetero) is 1. The maximum Gasteiger partial charge on any atom is 0.416 e. The second-order valence-electron chi connectivity index (χ2n) is 4.87. The summed E-state index contributed by atoms with van der Waals surface area (Å²) in [6.45, 7) is 0. The Morgan fingerprint density at radius 1 is 0.826 bits per heavy atom. The summed E-state index contributed by atoms with van der Waals surface area (Å²) in [5, 5.41) is 0. The van der Waals surface area contributed by atoms with Gasteiger partial charge in [-0.05, 0) is 24.3 Å². The summed E-state index contributed by atoms with van der Waals surface area (Å²) >= 11 is 0.983. The Labute approximate surface area is 134 Å². The van der Waals surface area contributed by atoms with Crippen molar-refractivity contribution in [1.82, 2.24) is 0 Å². The molecule has 2 aromatic rings. The highest BCUT2D eigenvalue weighted by Crippen LogP contribution is 2.35. The third-order valence-corrected chi connectivity index (χ3v) is 4.36. The summed E-state index contributed by atoms with van der Waals surface area (Å²) in [4.78, 5) is 25.1. The lowest BCUT2D eigenvalue weighted by atomic mass is 9.95. The van der Waals surface area contributed by atoms with Crippen molar-refractivity contribution in [3.63, 3.8) is 0 Å². The van der Waals surface area contributed by atoms with Crippen molar-refractivity contribution in [2.75, 3.05) is 0 Å². The van der Waals surface area contributed by atoms with E-state index in [2.05, 4.69) is 0 Å². The summed E-state index contributed by atoms with van der Waals surface area (Å²) in [6, 6.07) is 10.9. The van der Waals surface area contributed by atoms with Crippen LogP contribution in [-0.2, 0) is 6.18 Å². The van der Waals surface area contributed by atoms with Crippen LogP contribution in [0.5, 0.6) is 0 Å². The van der Waals surface area contributed by atoms with Crippen molar-refractivity contribution in [2.45, 2.75) is 11.1 Å². The Hall–Kier alpha value is -2.34. The highest BCUT2D eigenvalue weighted by Gasteiger charge is 2.30. The first-order valence-electron chi connectivity index (χ1n) is 6.61. The van der Waals surface area contributed by atoms with Gasteiger partial charge in [0.1, 0.15) is 0 Å². The van der Waals surface area contributed by atoms with Crippen molar-refractivity contribution in [2.24, 2.45) is 0 Å². The van der Waals surface area contributed by atoms with Crippen LogP contribution >= 0.6 is 11.8 Å². The van der Waals surface area contributed by atoms with E-state index in [9.17, 15) is 22.8 Å². The van der Waals surface area contributed by atoms with Gasteiger partial charge in [0.2, 0.25) is 5.78 Å². The fourth-order valence-corrected chi connectivity index (χ4v) is 3.10. The summed E-state index contributed by atoms with van der Waals surface area (Å²) in [6.07, 6.45) is -3.18. The van der Waals surface area contributed by atoms with Gasteiger partial charge >= 0.3 is 6.18 Å². The van der Waals surface area contributed by atoms with Gasteiger partial charge in [0.25, 0.3) is 0 Å². The predicted molar refractivity (Wildman–Crippen MR) is 80.5 cm³/mol. The molecule has 0 heterocycles. The van der Waals surface area contributed by atoms with E-state index < -0.39 is 11.7 Å². The van der Waals surface area contributed by atoms with Crippen LogP contribution in [0.3, 0.4) is 0 Å². The van der Waals surface area contributed by atoms with Crippen LogP contribution in [0.2, 0.25) is 0 Å². The molecule has 0 atom stereocenters. The zero-order valence-electron chi connectivity index (χ0n) is 11.6. The SMILES string of the molecule is O=C1C=C(Sc2ccc(C(F)(F)F)cc2)C(=O)c2ccccc21. The lowest BCUT2D eigenvalue weighted by Crippen LogP contribution is -2.15. The van der Waals surface area contributed by atoms with E-state index in [0.717, 1.165) is 23.9 Å². The average Bonchev–Trinajstić information content (AvgIpc) is 2.52. The minimum Gasteiger partial charge on any atom is -0.289 e. The normalized spacial score (nSPS) is 14.5. The molecule has 6 heteroatoms. The second-order valence-corrected chi connectivity index (χ2v) is 5.99. The Morgan fingerprint density at radius 3 is 2.04 bits per heavy atom. The molecular formula is C17H9F3O2S. The number of halogens is 3. The number of carbonyl (C=O) groups is 2. The molecule has 3 rings (SSSR count). The van der Waals surface area contributed by atoms with Crippen molar-refractivity contribution >= 4 is 23.3 Å². The van der Waals surface area contributed by atoms with E-state index >= 15 is 0 Å². The smallest absolute Gasteiger partial charge is 0.289 e. The van der Waals surface area contributed by atoms with Crippen molar-refractivity contribution in [1.29, 1.82) is 0 Å². The number of alkyl halides is 3. The topological polar surface area (TPSA) is 34.1 Å². The molecule has 0 radical (unpaired) electrons. The van der Waals surface area contributed by atoms with Gasteiger partial charge in [-0.1, -0.05) is 36.0 Å². The molecule has 2 nitrogen and oxygen atoms in total. The Balaban J connectivity index is 1.87. The lowest BCUT2D eigenvalue weighted by molar-refractivity contribution is -0.137. The number of rotatable bonds is 2. The van der Waals surface area contributed by atoms with E-state index in [4.69, 9.17) is 0 Å². The van der Waals surface area contributed by atoms with Gasteiger partial charge in [-0.25, -0.2) is 0 Å². The largest absolute Gasteiger partial charge is 0.416 e. The Morgan fingerprint density at radius 2 is 1.43 bits per heavy atom. The van der Waals surface area contributed by atoms with Crippen LogP contribution in [0.15, 0.2) is 64.4 Å². The van der Waals surface area contributed by atoms with Crippen molar-refractivity contribution in [3.05, 3.63) is 76.2 Å². The number of hydrogen-bond acceptors (Lipinski definition) is 3. The summed E-state index contributed by atoms with van der Waals surface area (Å²) in [5.41, 5.74) is -0.101. The van der Waals surface area contributed by atoms with Crippen molar-refractivity contribution < 1.29 is 22.8 Å². The van der Waals surface area contributed by atoms with Gasteiger partial charge in [0.15, 0.2) is 5.78 Å². The molecule has 0 aliphatic heterocycles. The standard InChI is InChI=1S/C17H9F3O2S/c18-17(19,20)10-5-7-11(8-6-10)23-15-9-14(21)12-3-1-2-4-13(12)16(15)22/h1-9H. The minimum atomic E-state index is -4.40. The maximum absolute atomic E-state index is 12.5. The van der Waals surface area contributed by atoms with Crippen molar-refractivity contribution in [3.8, 4) is 0 Å². The lowest BCUT2D eigenvalue weighted by Gasteiger charge is -2.14. The Bertz CT molecular complexity index is 820. The average molecular weight is 334 g/mol. The van der Waals surface area contributed by atoms with Crippen LogP contribution in [0.25, 0.3) is 0 Å². The van der Waals surface area contributed by atoms with Gasteiger partial charge in [0.05, 0.1) is 10.5 Å². The molecule has 0 spiro atoms. The third-order valence-electron chi connectivity index (χ3n) is 3.33. The molecule has 0 saturated heterocycles. The summed E-state index contributed by atoms with van der Waals surface area (Å²) in [7, 11) is 0. The fourth-order valence-electron chi connectivity index (χ4n) is 2.21. The predicted octanol–water partition coefficient (Wildman–Crippen LogP) is 4.76. The molecule has 0 fully saturated rings. The second kappa shape index (κ2) is 5.70. The molecule has 0 N–H and O–H groups in total. The molecule has 23 heavy (non-hydrogen) atoms. The van der Waals surface area contributed by atoms with Crippen LogP contribution in [0, 0.1) is 0 Å². The number of carbonyl (C=O) groups excluding carboxylic acids is 2. The van der Waals surface area contributed by atoms with Gasteiger partial charge in [-0.15, -0.1) is 0 Å². The number of fused-ring (bicyclic) bond motifs is 1. The number of benzene rings is 2. The molecule has 0 amide bonds. The zero-order valence-corrected chi connectivity index (χ0v) is 12.4. The van der Waals surface area contributed by atoms with E-state index in [1.807, 2.05) is 0 Å².